The molecule has 0 saturated carbocycles. The highest BCUT2D eigenvalue weighted by Crippen LogP contribution is 2.21. The number of aromatic nitrogens is 1. The molecule has 2 rings (SSSR count). The van der Waals surface area contributed by atoms with Crippen molar-refractivity contribution in [3.05, 3.63) is 53.3 Å². The minimum absolute atomic E-state index is 0.764. The van der Waals surface area contributed by atoms with Gasteiger partial charge in [-0.1, -0.05) is 30.7 Å². The number of hydrogen-bond donors (Lipinski definition) is 1. The molecular formula is C14H17ClN2. The van der Waals surface area contributed by atoms with Gasteiger partial charge in [0.2, 0.25) is 0 Å². The lowest BCUT2D eigenvalue weighted by molar-refractivity contribution is 0.682. The van der Waals surface area contributed by atoms with Gasteiger partial charge < -0.3 is 9.88 Å². The molecule has 90 valence electrons. The zero-order valence-electron chi connectivity index (χ0n) is 9.99. The summed E-state index contributed by atoms with van der Waals surface area (Å²) in [4.78, 5) is 0. The molecule has 0 aliphatic rings. The normalized spacial score (nSPS) is 10.5. The Labute approximate surface area is 107 Å². The van der Waals surface area contributed by atoms with Crippen LogP contribution < -0.4 is 5.32 Å². The van der Waals surface area contributed by atoms with E-state index in [2.05, 4.69) is 35.3 Å². The summed E-state index contributed by atoms with van der Waals surface area (Å²) in [6, 6.07) is 9.94. The van der Waals surface area contributed by atoms with Crippen molar-refractivity contribution in [1.29, 1.82) is 0 Å². The molecule has 0 unspecified atom stereocenters. The lowest BCUT2D eigenvalue weighted by Gasteiger charge is -2.06. The van der Waals surface area contributed by atoms with Crippen LogP contribution in [0.4, 0.5) is 5.69 Å². The smallest absolute Gasteiger partial charge is 0.0637 e. The number of hydrogen-bond acceptors (Lipinski definition) is 1. The van der Waals surface area contributed by atoms with Gasteiger partial charge in [0, 0.05) is 25.5 Å². The summed E-state index contributed by atoms with van der Waals surface area (Å²) in [5, 5.41) is 4.10. The van der Waals surface area contributed by atoms with E-state index in [4.69, 9.17) is 11.6 Å². The molecule has 0 amide bonds. The van der Waals surface area contributed by atoms with Crippen LogP contribution in [-0.2, 0) is 13.1 Å². The maximum Gasteiger partial charge on any atom is 0.0637 e. The predicted octanol–water partition coefficient (Wildman–Crippen LogP) is 4.16. The molecule has 2 nitrogen and oxygen atoms in total. The van der Waals surface area contributed by atoms with E-state index in [1.807, 2.05) is 24.3 Å². The topological polar surface area (TPSA) is 17.0 Å². The second kappa shape index (κ2) is 5.78. The quantitative estimate of drug-likeness (QED) is 0.841. The van der Waals surface area contributed by atoms with Crippen molar-refractivity contribution >= 4 is 17.3 Å². The molecular weight excluding hydrogens is 232 g/mol. The van der Waals surface area contributed by atoms with Gasteiger partial charge in [-0.25, -0.2) is 0 Å². The van der Waals surface area contributed by atoms with Crippen molar-refractivity contribution < 1.29 is 0 Å². The molecule has 2 aromatic rings. The van der Waals surface area contributed by atoms with Crippen molar-refractivity contribution in [2.75, 3.05) is 5.32 Å². The third kappa shape index (κ3) is 3.27. The van der Waals surface area contributed by atoms with Gasteiger partial charge in [-0.05, 0) is 30.2 Å². The van der Waals surface area contributed by atoms with Crippen molar-refractivity contribution in [2.24, 2.45) is 0 Å². The largest absolute Gasteiger partial charge is 0.380 e. The van der Waals surface area contributed by atoms with Crippen LogP contribution in [-0.4, -0.2) is 4.57 Å². The first-order valence-electron chi connectivity index (χ1n) is 5.92. The molecule has 1 N–H and O–H groups in total. The molecule has 1 heterocycles. The number of para-hydroxylation sites is 1. The number of halogens is 1. The second-order valence-corrected chi connectivity index (χ2v) is 4.50. The molecule has 0 saturated heterocycles. The molecule has 0 radical (unpaired) electrons. The van der Waals surface area contributed by atoms with Crippen molar-refractivity contribution in [1.82, 2.24) is 4.57 Å². The van der Waals surface area contributed by atoms with E-state index in [-0.39, 0.29) is 0 Å². The SMILES string of the molecule is CCCn1ccc(CNc2ccccc2Cl)c1. The molecule has 0 spiro atoms. The zero-order chi connectivity index (χ0) is 12.1. The van der Waals surface area contributed by atoms with Gasteiger partial charge in [0.25, 0.3) is 0 Å². The fraction of sp³-hybridized carbons (Fsp3) is 0.286. The van der Waals surface area contributed by atoms with Gasteiger partial charge >= 0.3 is 0 Å². The summed E-state index contributed by atoms with van der Waals surface area (Å²) >= 11 is 6.08. The van der Waals surface area contributed by atoms with E-state index in [9.17, 15) is 0 Å². The maximum atomic E-state index is 6.08. The first-order valence-corrected chi connectivity index (χ1v) is 6.30. The van der Waals surface area contributed by atoms with Crippen LogP contribution >= 0.6 is 11.6 Å². The van der Waals surface area contributed by atoms with Crippen molar-refractivity contribution in [2.45, 2.75) is 26.4 Å². The molecule has 17 heavy (non-hydrogen) atoms. The summed E-state index contributed by atoms with van der Waals surface area (Å²) in [5.41, 5.74) is 2.26. The number of rotatable bonds is 5. The number of nitrogens with one attached hydrogen (secondary N) is 1. The molecule has 3 heteroatoms. The van der Waals surface area contributed by atoms with E-state index in [0.29, 0.717) is 0 Å². The van der Waals surface area contributed by atoms with Crippen LogP contribution in [0.15, 0.2) is 42.7 Å². The highest BCUT2D eigenvalue weighted by molar-refractivity contribution is 6.33. The average molecular weight is 249 g/mol. The molecule has 0 aliphatic heterocycles. The lowest BCUT2D eigenvalue weighted by Crippen LogP contribution is -1.99. The fourth-order valence-electron chi connectivity index (χ4n) is 1.79. The van der Waals surface area contributed by atoms with Crippen LogP contribution in [0.2, 0.25) is 5.02 Å². The van der Waals surface area contributed by atoms with Crippen molar-refractivity contribution in [3.8, 4) is 0 Å². The highest BCUT2D eigenvalue weighted by Gasteiger charge is 1.99. The third-order valence-electron chi connectivity index (χ3n) is 2.65. The van der Waals surface area contributed by atoms with Crippen LogP contribution in [0, 0.1) is 0 Å². The summed E-state index contributed by atoms with van der Waals surface area (Å²) in [6.45, 7) is 4.06. The zero-order valence-corrected chi connectivity index (χ0v) is 10.7. The molecule has 1 aromatic heterocycles. The number of benzene rings is 1. The Kier molecular flexibility index (Phi) is 4.10. The standard InChI is InChI=1S/C14H17ClN2/c1-2-8-17-9-7-12(11-17)10-16-14-6-4-3-5-13(14)15/h3-7,9,11,16H,2,8,10H2,1H3. The highest BCUT2D eigenvalue weighted by atomic mass is 35.5. The van der Waals surface area contributed by atoms with E-state index >= 15 is 0 Å². The van der Waals surface area contributed by atoms with Gasteiger partial charge in [0.1, 0.15) is 0 Å². The Balaban J connectivity index is 1.95. The molecule has 0 aliphatic carbocycles. The van der Waals surface area contributed by atoms with Gasteiger partial charge in [-0.2, -0.15) is 0 Å². The van der Waals surface area contributed by atoms with Gasteiger partial charge in [-0.3, -0.25) is 0 Å². The first kappa shape index (κ1) is 12.1. The monoisotopic (exact) mass is 248 g/mol. The van der Waals surface area contributed by atoms with Crippen LogP contribution in [0.5, 0.6) is 0 Å². The van der Waals surface area contributed by atoms with Gasteiger partial charge in [0.05, 0.1) is 10.7 Å². The first-order chi connectivity index (χ1) is 8.29. The Morgan fingerprint density at radius 2 is 2.06 bits per heavy atom. The van der Waals surface area contributed by atoms with Gasteiger partial charge in [-0.15, -0.1) is 0 Å². The summed E-state index contributed by atoms with van der Waals surface area (Å²) in [6.07, 6.45) is 5.45. The number of anilines is 1. The van der Waals surface area contributed by atoms with Crippen LogP contribution in [0.25, 0.3) is 0 Å². The van der Waals surface area contributed by atoms with Crippen molar-refractivity contribution in [3.63, 3.8) is 0 Å². The minimum atomic E-state index is 0.764. The molecule has 1 aromatic carbocycles. The van der Waals surface area contributed by atoms with E-state index in [1.165, 1.54) is 5.56 Å². The number of aryl methyl sites for hydroxylation is 1. The average Bonchev–Trinajstić information content (AvgIpc) is 2.76. The van der Waals surface area contributed by atoms with Crippen LogP contribution in [0.3, 0.4) is 0 Å². The molecule has 0 atom stereocenters. The second-order valence-electron chi connectivity index (χ2n) is 4.09. The van der Waals surface area contributed by atoms with Gasteiger partial charge in [0.15, 0.2) is 0 Å². The maximum absolute atomic E-state index is 6.08. The van der Waals surface area contributed by atoms with Crippen LogP contribution in [0.1, 0.15) is 18.9 Å². The summed E-state index contributed by atoms with van der Waals surface area (Å²) in [7, 11) is 0. The Morgan fingerprint density at radius 3 is 2.82 bits per heavy atom. The van der Waals surface area contributed by atoms with E-state index in [1.54, 1.807) is 0 Å². The predicted molar refractivity (Wildman–Crippen MR) is 73.5 cm³/mol. The van der Waals surface area contributed by atoms with E-state index in [0.717, 1.165) is 30.2 Å². The Morgan fingerprint density at radius 1 is 1.24 bits per heavy atom. The van der Waals surface area contributed by atoms with E-state index < -0.39 is 0 Å². The molecule has 0 bridgehead atoms. The minimum Gasteiger partial charge on any atom is -0.380 e. The molecule has 0 fully saturated rings. The summed E-state index contributed by atoms with van der Waals surface area (Å²) in [5.74, 6) is 0. The Bertz CT molecular complexity index is 477. The fourth-order valence-corrected chi connectivity index (χ4v) is 2.00. The lowest BCUT2D eigenvalue weighted by atomic mass is 10.3. The summed E-state index contributed by atoms with van der Waals surface area (Å²) < 4.78 is 2.21. The Hall–Kier alpha value is -1.41. The number of nitrogens with zero attached hydrogens (tertiary/aromatic N) is 1. The third-order valence-corrected chi connectivity index (χ3v) is 2.98.